The van der Waals surface area contributed by atoms with Crippen molar-refractivity contribution in [1.29, 1.82) is 0 Å². The molecule has 0 saturated heterocycles. The number of aliphatic hydroxyl groups excluding tert-OH is 2. The molecule has 0 radical (unpaired) electrons. The Morgan fingerprint density at radius 3 is 1.33 bits per heavy atom. The first-order chi connectivity index (χ1) is 25.0. The Kier molecular flexibility index (Phi) is 40.2. The summed E-state index contributed by atoms with van der Waals surface area (Å²) in [7, 11) is 0. The van der Waals surface area contributed by atoms with Crippen molar-refractivity contribution < 1.29 is 24.5 Å². The van der Waals surface area contributed by atoms with Gasteiger partial charge in [-0.15, -0.1) is 0 Å². The summed E-state index contributed by atoms with van der Waals surface area (Å²) >= 11 is 0. The lowest BCUT2D eigenvalue weighted by atomic mass is 10.0. The van der Waals surface area contributed by atoms with Crippen LogP contribution >= 0.6 is 0 Å². The van der Waals surface area contributed by atoms with E-state index in [2.05, 4.69) is 19.2 Å². The minimum Gasteiger partial charge on any atom is -0.466 e. The zero-order chi connectivity index (χ0) is 37.3. The van der Waals surface area contributed by atoms with Gasteiger partial charge < -0.3 is 20.3 Å². The van der Waals surface area contributed by atoms with E-state index in [0.29, 0.717) is 19.4 Å². The van der Waals surface area contributed by atoms with Crippen LogP contribution in [0.4, 0.5) is 0 Å². The third-order valence-electron chi connectivity index (χ3n) is 10.3. The van der Waals surface area contributed by atoms with Gasteiger partial charge in [-0.3, -0.25) is 9.59 Å². The molecule has 0 saturated carbocycles. The summed E-state index contributed by atoms with van der Waals surface area (Å²) in [6.07, 6.45) is 44.7. The summed E-state index contributed by atoms with van der Waals surface area (Å²) in [4.78, 5) is 24.3. The molecule has 0 aliphatic heterocycles. The maximum absolute atomic E-state index is 12.4. The maximum atomic E-state index is 12.4. The highest BCUT2D eigenvalue weighted by Gasteiger charge is 2.18. The number of nitrogens with one attached hydrogen (secondary N) is 1. The average molecular weight is 722 g/mol. The highest BCUT2D eigenvalue weighted by atomic mass is 16.5. The molecule has 6 heteroatoms. The largest absolute Gasteiger partial charge is 0.466 e. The molecule has 2 atom stereocenters. The second-order valence-corrected chi connectivity index (χ2v) is 15.4. The van der Waals surface area contributed by atoms with E-state index in [4.69, 9.17) is 4.74 Å². The van der Waals surface area contributed by atoms with Gasteiger partial charge in [-0.1, -0.05) is 206 Å². The Labute approximate surface area is 317 Å². The molecule has 0 fully saturated rings. The van der Waals surface area contributed by atoms with E-state index in [1.54, 1.807) is 6.08 Å². The van der Waals surface area contributed by atoms with Crippen LogP contribution in [0.2, 0.25) is 0 Å². The quantitative estimate of drug-likeness (QED) is 0.0332. The van der Waals surface area contributed by atoms with Gasteiger partial charge in [-0.25, -0.2) is 0 Å². The zero-order valence-electron chi connectivity index (χ0n) is 34.1. The van der Waals surface area contributed by atoms with Crippen molar-refractivity contribution in [2.45, 2.75) is 251 Å². The minimum atomic E-state index is -0.856. The molecule has 0 aliphatic carbocycles. The highest BCUT2D eigenvalue weighted by Crippen LogP contribution is 2.15. The molecule has 0 bridgehead atoms. The highest BCUT2D eigenvalue weighted by molar-refractivity contribution is 5.76. The molecule has 0 aromatic rings. The van der Waals surface area contributed by atoms with Crippen molar-refractivity contribution in [3.05, 3.63) is 12.2 Å². The molecule has 0 aromatic heterocycles. The zero-order valence-corrected chi connectivity index (χ0v) is 34.1. The summed E-state index contributed by atoms with van der Waals surface area (Å²) in [5.74, 6) is -0.113. The first kappa shape index (κ1) is 49.6. The smallest absolute Gasteiger partial charge is 0.305 e. The number of aliphatic hydroxyl groups is 2. The molecule has 0 heterocycles. The SMILES string of the molecule is CCCCCCCCCCCCC/C=C/C(O)C(CO)NC(=O)CCCCCCCCCCCCOC(=O)CCCCCCCCCCCCC. The number of carbonyl (C=O) groups excluding carboxylic acids is 2. The number of hydrogen-bond donors (Lipinski definition) is 3. The molecule has 1 amide bonds. The van der Waals surface area contributed by atoms with Crippen LogP contribution in [0.25, 0.3) is 0 Å². The Morgan fingerprint density at radius 1 is 0.529 bits per heavy atom. The van der Waals surface area contributed by atoms with Crippen LogP contribution in [0.5, 0.6) is 0 Å². The summed E-state index contributed by atoms with van der Waals surface area (Å²) in [5.41, 5.74) is 0. The molecule has 0 aliphatic rings. The third-order valence-corrected chi connectivity index (χ3v) is 10.3. The second kappa shape index (κ2) is 41.4. The van der Waals surface area contributed by atoms with Crippen molar-refractivity contribution in [2.75, 3.05) is 13.2 Å². The number of carbonyl (C=O) groups is 2. The van der Waals surface area contributed by atoms with E-state index in [-0.39, 0.29) is 18.5 Å². The lowest BCUT2D eigenvalue weighted by Gasteiger charge is -2.20. The van der Waals surface area contributed by atoms with Crippen LogP contribution in [0.1, 0.15) is 239 Å². The molecule has 0 aromatic carbocycles. The van der Waals surface area contributed by atoms with Crippen LogP contribution in [-0.2, 0) is 14.3 Å². The molecular formula is C45H87NO5. The van der Waals surface area contributed by atoms with Gasteiger partial charge in [0.2, 0.25) is 5.91 Å². The lowest BCUT2D eigenvalue weighted by Crippen LogP contribution is -2.45. The number of rotatable bonds is 41. The third kappa shape index (κ3) is 38.1. The first-order valence-corrected chi connectivity index (χ1v) is 22.5. The van der Waals surface area contributed by atoms with Crippen molar-refractivity contribution in [1.82, 2.24) is 5.32 Å². The fraction of sp³-hybridized carbons (Fsp3) is 0.911. The van der Waals surface area contributed by atoms with E-state index in [9.17, 15) is 19.8 Å². The number of allylic oxidation sites excluding steroid dienone is 1. The van der Waals surface area contributed by atoms with Crippen LogP contribution in [0, 0.1) is 0 Å². The van der Waals surface area contributed by atoms with Crippen molar-refractivity contribution in [2.24, 2.45) is 0 Å². The van der Waals surface area contributed by atoms with Gasteiger partial charge in [0.15, 0.2) is 0 Å². The van der Waals surface area contributed by atoms with Crippen molar-refractivity contribution in [3.8, 4) is 0 Å². The Bertz CT molecular complexity index is 757. The number of esters is 1. The monoisotopic (exact) mass is 722 g/mol. The second-order valence-electron chi connectivity index (χ2n) is 15.4. The van der Waals surface area contributed by atoms with Gasteiger partial charge in [0.05, 0.1) is 25.4 Å². The summed E-state index contributed by atoms with van der Waals surface area (Å²) < 4.78 is 5.42. The molecule has 0 rings (SSSR count). The Balaban J connectivity index is 3.53. The molecule has 0 spiro atoms. The minimum absolute atomic E-state index is 0.0217. The van der Waals surface area contributed by atoms with E-state index in [1.807, 2.05) is 6.08 Å². The number of ether oxygens (including phenoxy) is 1. The van der Waals surface area contributed by atoms with Crippen LogP contribution in [-0.4, -0.2) is 47.4 Å². The van der Waals surface area contributed by atoms with Crippen molar-refractivity contribution >= 4 is 11.9 Å². The van der Waals surface area contributed by atoms with Gasteiger partial charge in [0, 0.05) is 12.8 Å². The van der Waals surface area contributed by atoms with Crippen molar-refractivity contribution in [3.63, 3.8) is 0 Å². The summed E-state index contributed by atoms with van der Waals surface area (Å²) in [6, 6.07) is -0.641. The molecular weight excluding hydrogens is 634 g/mol. The Morgan fingerprint density at radius 2 is 0.902 bits per heavy atom. The van der Waals surface area contributed by atoms with E-state index in [0.717, 1.165) is 57.8 Å². The topological polar surface area (TPSA) is 95.9 Å². The van der Waals surface area contributed by atoms with Crippen LogP contribution in [0.15, 0.2) is 12.2 Å². The molecule has 51 heavy (non-hydrogen) atoms. The van der Waals surface area contributed by atoms with Crippen LogP contribution < -0.4 is 5.32 Å². The molecule has 302 valence electrons. The van der Waals surface area contributed by atoms with E-state index in [1.165, 1.54) is 154 Å². The predicted octanol–water partition coefficient (Wildman–Crippen LogP) is 12.6. The first-order valence-electron chi connectivity index (χ1n) is 22.5. The van der Waals surface area contributed by atoms with Gasteiger partial charge >= 0.3 is 5.97 Å². The standard InChI is InChI=1S/C45H87NO5/c1-3-5-7-9-11-13-15-16-18-21-25-29-33-37-43(48)42(41-47)46-44(49)38-34-30-26-22-19-20-24-28-32-36-40-51-45(50)39-35-31-27-23-17-14-12-10-8-6-4-2/h33,37,42-43,47-48H,3-32,34-36,38-41H2,1-2H3,(H,46,49)/b37-33+. The molecule has 6 nitrogen and oxygen atoms in total. The van der Waals surface area contributed by atoms with Crippen LogP contribution in [0.3, 0.4) is 0 Å². The number of amides is 1. The predicted molar refractivity (Wildman–Crippen MR) is 218 cm³/mol. The fourth-order valence-electron chi connectivity index (χ4n) is 6.81. The molecule has 2 unspecified atom stereocenters. The normalized spacial score (nSPS) is 12.8. The fourth-order valence-corrected chi connectivity index (χ4v) is 6.81. The Hall–Kier alpha value is -1.40. The van der Waals surface area contributed by atoms with Gasteiger partial charge in [-0.2, -0.15) is 0 Å². The van der Waals surface area contributed by atoms with Gasteiger partial charge in [0.1, 0.15) is 0 Å². The summed E-state index contributed by atoms with van der Waals surface area (Å²) in [5, 5.41) is 22.9. The van der Waals surface area contributed by atoms with Gasteiger partial charge in [-0.05, 0) is 32.1 Å². The number of unbranched alkanes of at least 4 members (excludes halogenated alkanes) is 30. The van der Waals surface area contributed by atoms with E-state index >= 15 is 0 Å². The van der Waals surface area contributed by atoms with Gasteiger partial charge in [0.25, 0.3) is 0 Å². The lowest BCUT2D eigenvalue weighted by molar-refractivity contribution is -0.143. The van der Waals surface area contributed by atoms with E-state index < -0.39 is 12.1 Å². The maximum Gasteiger partial charge on any atom is 0.305 e. The molecule has 3 N–H and O–H groups in total. The average Bonchev–Trinajstić information content (AvgIpc) is 3.13. The number of hydrogen-bond acceptors (Lipinski definition) is 5. The summed E-state index contributed by atoms with van der Waals surface area (Å²) in [6.45, 7) is 4.83.